The first-order chi connectivity index (χ1) is 20.6. The van der Waals surface area contributed by atoms with Crippen LogP contribution in [0.4, 0.5) is 11.4 Å². The zero-order chi connectivity index (χ0) is 30.5. The van der Waals surface area contributed by atoms with Gasteiger partial charge in [-0.15, -0.1) is 0 Å². The van der Waals surface area contributed by atoms with E-state index in [1.807, 2.05) is 12.4 Å². The maximum Gasteiger partial charge on any atom is 0.264 e. The summed E-state index contributed by atoms with van der Waals surface area (Å²) < 4.78 is 62.5. The van der Waals surface area contributed by atoms with Crippen molar-refractivity contribution in [3.63, 3.8) is 0 Å². The smallest absolute Gasteiger partial charge is 0.264 e. The molecular formula is C32H41N3O6S2. The number of aryl methyl sites for hydroxylation is 2. The van der Waals surface area contributed by atoms with Gasteiger partial charge in [0.2, 0.25) is 0 Å². The highest BCUT2D eigenvalue weighted by Gasteiger charge is 2.24. The molecule has 0 atom stereocenters. The Bertz CT molecular complexity index is 1510. The highest BCUT2D eigenvalue weighted by Crippen LogP contribution is 2.39. The van der Waals surface area contributed by atoms with Gasteiger partial charge in [-0.1, -0.05) is 24.3 Å². The molecule has 11 heteroatoms. The molecule has 43 heavy (non-hydrogen) atoms. The first-order valence-electron chi connectivity index (χ1n) is 15.1. The molecule has 0 aliphatic carbocycles. The fourth-order valence-electron chi connectivity index (χ4n) is 6.52. The molecule has 0 radical (unpaired) electrons. The van der Waals surface area contributed by atoms with E-state index in [0.717, 1.165) is 51.9 Å². The fraction of sp³-hybridized carbons (Fsp3) is 0.469. The molecule has 0 spiro atoms. The Morgan fingerprint density at radius 1 is 0.651 bits per heavy atom. The zero-order valence-corrected chi connectivity index (χ0v) is 26.1. The quantitative estimate of drug-likeness (QED) is 0.196. The number of anilines is 2. The number of fused-ring (bicyclic) bond motifs is 2. The molecule has 2 aliphatic heterocycles. The van der Waals surface area contributed by atoms with Gasteiger partial charge in [-0.05, 0) is 103 Å². The second-order valence-corrected chi connectivity index (χ2v) is 14.8. The van der Waals surface area contributed by atoms with E-state index in [4.69, 9.17) is 9.11 Å². The van der Waals surface area contributed by atoms with Gasteiger partial charge in [0.25, 0.3) is 20.2 Å². The van der Waals surface area contributed by atoms with Crippen LogP contribution in [0.1, 0.15) is 72.3 Å². The number of pyridine rings is 1. The van der Waals surface area contributed by atoms with Crippen molar-refractivity contribution in [2.45, 2.75) is 57.3 Å². The lowest BCUT2D eigenvalue weighted by Gasteiger charge is -2.33. The zero-order valence-electron chi connectivity index (χ0n) is 24.4. The third-order valence-electron chi connectivity index (χ3n) is 8.50. The topological polar surface area (TPSA) is 128 Å². The Morgan fingerprint density at radius 3 is 1.56 bits per heavy atom. The van der Waals surface area contributed by atoms with Crippen LogP contribution in [-0.4, -0.2) is 68.6 Å². The van der Waals surface area contributed by atoms with E-state index in [1.54, 1.807) is 0 Å². The molecule has 1 aromatic heterocycles. The van der Waals surface area contributed by atoms with Gasteiger partial charge in [0, 0.05) is 55.9 Å². The van der Waals surface area contributed by atoms with Gasteiger partial charge in [0.05, 0.1) is 11.5 Å². The largest absolute Gasteiger partial charge is 0.371 e. The first-order valence-corrected chi connectivity index (χ1v) is 18.3. The number of hydrogen-bond acceptors (Lipinski definition) is 7. The summed E-state index contributed by atoms with van der Waals surface area (Å²) in [5.41, 5.74) is 8.60. The molecule has 0 amide bonds. The van der Waals surface area contributed by atoms with Crippen LogP contribution in [0.2, 0.25) is 0 Å². The van der Waals surface area contributed by atoms with Gasteiger partial charge >= 0.3 is 0 Å². The minimum absolute atomic E-state index is 0.0360. The second kappa shape index (κ2) is 13.8. The lowest BCUT2D eigenvalue weighted by Crippen LogP contribution is -2.31. The van der Waals surface area contributed by atoms with E-state index in [2.05, 4.69) is 63.3 Å². The van der Waals surface area contributed by atoms with Crippen molar-refractivity contribution in [3.8, 4) is 0 Å². The predicted octanol–water partition coefficient (Wildman–Crippen LogP) is 5.10. The van der Waals surface area contributed by atoms with Crippen LogP contribution >= 0.6 is 0 Å². The molecule has 232 valence electrons. The van der Waals surface area contributed by atoms with Gasteiger partial charge in [-0.3, -0.25) is 14.1 Å². The number of unbranched alkanes of at least 4 members (excludes halogenated alkanes) is 2. The SMILES string of the molecule is O=S(=O)(O)CCCCN1CCCc2cc(C(c3ccncc3)c3ccc4c(c3)CCCN4CCCCS(=O)(=O)O)ccc21. The van der Waals surface area contributed by atoms with E-state index < -0.39 is 20.2 Å². The maximum atomic E-state index is 11.1. The number of rotatable bonds is 13. The lowest BCUT2D eigenvalue weighted by molar-refractivity contribution is 0.477. The second-order valence-electron chi connectivity index (χ2n) is 11.7. The monoisotopic (exact) mass is 627 g/mol. The van der Waals surface area contributed by atoms with Crippen molar-refractivity contribution in [3.05, 3.63) is 88.7 Å². The standard InChI is InChI=1S/C32H41N3O6S2/c36-42(37,38)21-3-1-17-34-19-5-7-26-23-28(9-11-30(26)34)32(25-13-15-33-16-14-25)29-10-12-31-27(24-29)8-6-20-35(31)18-2-4-22-43(39,40)41/h9-16,23-24,32H,1-8,17-22H2,(H,36,37,38)(H,39,40,41). The molecular weight excluding hydrogens is 587 g/mol. The Labute approximate surface area is 255 Å². The Balaban J connectivity index is 1.38. The van der Waals surface area contributed by atoms with Crippen LogP contribution in [0.5, 0.6) is 0 Å². The minimum Gasteiger partial charge on any atom is -0.371 e. The van der Waals surface area contributed by atoms with E-state index >= 15 is 0 Å². The normalized spacial score (nSPS) is 15.4. The molecule has 2 aromatic carbocycles. The van der Waals surface area contributed by atoms with Crippen molar-refractivity contribution >= 4 is 31.6 Å². The van der Waals surface area contributed by atoms with Crippen LogP contribution in [0.3, 0.4) is 0 Å². The number of aromatic nitrogens is 1. The molecule has 0 unspecified atom stereocenters. The van der Waals surface area contributed by atoms with Crippen molar-refractivity contribution in [1.29, 1.82) is 0 Å². The summed E-state index contributed by atoms with van der Waals surface area (Å²) in [6.45, 7) is 3.38. The van der Waals surface area contributed by atoms with Gasteiger partial charge < -0.3 is 9.80 Å². The summed E-state index contributed by atoms with van der Waals surface area (Å²) in [5.74, 6) is -0.367. The first kappa shape index (κ1) is 31.4. The van der Waals surface area contributed by atoms with E-state index in [1.165, 1.54) is 39.2 Å². The van der Waals surface area contributed by atoms with Crippen molar-refractivity contribution in [1.82, 2.24) is 4.98 Å². The Kier molecular flexibility index (Phi) is 10.1. The molecule has 2 aliphatic rings. The van der Waals surface area contributed by atoms with Crippen LogP contribution in [0, 0.1) is 0 Å². The summed E-state index contributed by atoms with van der Waals surface area (Å²) in [5, 5.41) is 0. The third kappa shape index (κ3) is 8.56. The number of nitrogens with zero attached hydrogens (tertiary/aromatic N) is 3. The highest BCUT2D eigenvalue weighted by molar-refractivity contribution is 7.86. The molecule has 0 saturated carbocycles. The molecule has 3 aromatic rings. The summed E-state index contributed by atoms with van der Waals surface area (Å²) >= 11 is 0. The van der Waals surface area contributed by atoms with Gasteiger partial charge in [-0.2, -0.15) is 16.8 Å². The number of hydrogen-bond donors (Lipinski definition) is 2. The molecule has 0 bridgehead atoms. The Morgan fingerprint density at radius 2 is 1.12 bits per heavy atom. The van der Waals surface area contributed by atoms with Gasteiger partial charge in [0.1, 0.15) is 0 Å². The summed E-state index contributed by atoms with van der Waals surface area (Å²) in [7, 11) is -7.86. The van der Waals surface area contributed by atoms with Crippen LogP contribution < -0.4 is 9.80 Å². The summed E-state index contributed by atoms with van der Waals surface area (Å²) in [6.07, 6.45) is 10.0. The van der Waals surface area contributed by atoms with Gasteiger partial charge in [0.15, 0.2) is 0 Å². The molecule has 5 rings (SSSR count). The van der Waals surface area contributed by atoms with Crippen LogP contribution in [0.15, 0.2) is 60.9 Å². The summed E-state index contributed by atoms with van der Waals surface area (Å²) in [4.78, 5) is 8.92. The van der Waals surface area contributed by atoms with Crippen molar-refractivity contribution in [2.24, 2.45) is 0 Å². The van der Waals surface area contributed by atoms with E-state index in [9.17, 15) is 16.8 Å². The van der Waals surface area contributed by atoms with Crippen LogP contribution in [-0.2, 0) is 33.1 Å². The highest BCUT2D eigenvalue weighted by atomic mass is 32.2. The third-order valence-corrected chi connectivity index (χ3v) is 10.1. The van der Waals surface area contributed by atoms with E-state index in [0.29, 0.717) is 25.7 Å². The van der Waals surface area contributed by atoms with Crippen molar-refractivity contribution < 1.29 is 25.9 Å². The van der Waals surface area contributed by atoms with Crippen molar-refractivity contribution in [2.75, 3.05) is 47.5 Å². The minimum atomic E-state index is -3.93. The Hall–Kier alpha value is -2.99. The van der Waals surface area contributed by atoms with E-state index in [-0.39, 0.29) is 17.4 Å². The predicted molar refractivity (Wildman–Crippen MR) is 170 cm³/mol. The molecule has 9 nitrogen and oxygen atoms in total. The average Bonchev–Trinajstić information content (AvgIpc) is 2.97. The molecule has 3 heterocycles. The average molecular weight is 628 g/mol. The lowest BCUT2D eigenvalue weighted by atomic mass is 9.82. The van der Waals surface area contributed by atoms with Gasteiger partial charge in [-0.25, -0.2) is 0 Å². The number of benzene rings is 2. The van der Waals surface area contributed by atoms with Crippen LogP contribution in [0.25, 0.3) is 0 Å². The molecule has 0 saturated heterocycles. The summed E-state index contributed by atoms with van der Waals surface area (Å²) in [6, 6.07) is 17.6. The maximum absolute atomic E-state index is 11.1. The molecule has 2 N–H and O–H groups in total. The fourth-order valence-corrected chi connectivity index (χ4v) is 7.66. The molecule has 0 fully saturated rings.